The van der Waals surface area contributed by atoms with Crippen molar-refractivity contribution in [2.24, 2.45) is 5.41 Å². The van der Waals surface area contributed by atoms with E-state index in [4.69, 9.17) is 16.1 Å². The number of fused-ring (bicyclic) bond motifs is 2. The zero-order valence-electron chi connectivity index (χ0n) is 23.7. The molecule has 2 heterocycles. The lowest BCUT2D eigenvalue weighted by atomic mass is 9.93. The van der Waals surface area contributed by atoms with Crippen molar-refractivity contribution in [2.45, 2.75) is 38.2 Å². The van der Waals surface area contributed by atoms with E-state index < -0.39 is 11.4 Å². The van der Waals surface area contributed by atoms with Gasteiger partial charge in [0.25, 0.3) is 0 Å². The number of hydrogen-bond acceptors (Lipinski definition) is 7. The van der Waals surface area contributed by atoms with Gasteiger partial charge in [0.15, 0.2) is 5.82 Å². The SMILES string of the molecule is C#Cc1cccc2cc(O)cc(-c3ccc4c(N5CCC[C@@](C)(O)C5)nc(OCC5(CN(C)C)CC5)nc4c3F)c12. The molecule has 1 aromatic heterocycles. The third-order valence-electron chi connectivity index (χ3n) is 8.26. The number of hydrogen-bond donors (Lipinski definition) is 2. The predicted octanol–water partition coefficient (Wildman–Crippen LogP) is 5.35. The number of ether oxygens (including phenoxy) is 1. The second-order valence-corrected chi connectivity index (χ2v) is 12.2. The van der Waals surface area contributed by atoms with Crippen LogP contribution in [0.2, 0.25) is 0 Å². The highest BCUT2D eigenvalue weighted by Crippen LogP contribution is 2.46. The van der Waals surface area contributed by atoms with Crippen LogP contribution in [0, 0.1) is 23.6 Å². The average molecular weight is 555 g/mol. The largest absolute Gasteiger partial charge is 0.508 e. The summed E-state index contributed by atoms with van der Waals surface area (Å²) >= 11 is 0. The number of nitrogens with zero attached hydrogens (tertiary/aromatic N) is 4. The first kappa shape index (κ1) is 27.3. The van der Waals surface area contributed by atoms with Crippen molar-refractivity contribution in [1.29, 1.82) is 0 Å². The molecule has 2 fully saturated rings. The first-order valence-corrected chi connectivity index (χ1v) is 14.1. The van der Waals surface area contributed by atoms with Crippen LogP contribution in [0.3, 0.4) is 0 Å². The molecule has 0 bridgehead atoms. The van der Waals surface area contributed by atoms with E-state index in [2.05, 4.69) is 15.8 Å². The molecular formula is C33H35FN4O3. The Hall–Kier alpha value is -3.93. The normalized spacial score (nSPS) is 20.0. The molecule has 0 spiro atoms. The molecule has 4 aromatic rings. The Balaban J connectivity index is 1.51. The fourth-order valence-corrected chi connectivity index (χ4v) is 6.20. The van der Waals surface area contributed by atoms with Gasteiger partial charge in [0.2, 0.25) is 0 Å². The molecule has 0 radical (unpaired) electrons. The van der Waals surface area contributed by atoms with E-state index in [1.54, 1.807) is 24.3 Å². The van der Waals surface area contributed by atoms with E-state index in [0.717, 1.165) is 25.8 Å². The number of terminal acetylenes is 1. The molecule has 1 aliphatic heterocycles. The molecule has 212 valence electrons. The minimum absolute atomic E-state index is 0.0136. The lowest BCUT2D eigenvalue weighted by Crippen LogP contribution is -2.46. The predicted molar refractivity (Wildman–Crippen MR) is 160 cm³/mol. The monoisotopic (exact) mass is 554 g/mol. The zero-order valence-corrected chi connectivity index (χ0v) is 23.7. The van der Waals surface area contributed by atoms with Gasteiger partial charge in [-0.25, -0.2) is 4.39 Å². The number of aromatic hydroxyl groups is 1. The Morgan fingerprint density at radius 1 is 1.12 bits per heavy atom. The molecule has 1 atom stereocenters. The summed E-state index contributed by atoms with van der Waals surface area (Å²) in [6, 6.07) is 12.2. The summed E-state index contributed by atoms with van der Waals surface area (Å²) in [5, 5.41) is 23.3. The topological polar surface area (TPSA) is 82.0 Å². The Bertz CT molecular complexity index is 1690. The van der Waals surface area contributed by atoms with Crippen molar-refractivity contribution in [1.82, 2.24) is 14.9 Å². The number of benzene rings is 3. The quantitative estimate of drug-likeness (QED) is 0.298. The lowest BCUT2D eigenvalue weighted by Gasteiger charge is -2.38. The van der Waals surface area contributed by atoms with E-state index >= 15 is 4.39 Å². The standard InChI is InChI=1S/C33H35FN4O3/c1-5-21-8-6-9-22-16-23(39)17-26(27(21)22)24-10-11-25-29(28(24)34)35-31(41-20-33(13-14-33)19-37(3)4)36-30(25)38-15-7-12-32(2,40)18-38/h1,6,8-11,16-17,39-40H,7,12-15,18-20H2,2-4H3/t32-/m1/s1. The average Bonchev–Trinajstić information content (AvgIpc) is 3.69. The third kappa shape index (κ3) is 5.28. The van der Waals surface area contributed by atoms with Crippen LogP contribution in [0.15, 0.2) is 42.5 Å². The highest BCUT2D eigenvalue weighted by atomic mass is 19.1. The Morgan fingerprint density at radius 2 is 1.93 bits per heavy atom. The molecule has 2 aliphatic rings. The van der Waals surface area contributed by atoms with E-state index in [-0.39, 0.29) is 28.3 Å². The smallest absolute Gasteiger partial charge is 0.319 e. The first-order valence-electron chi connectivity index (χ1n) is 14.1. The number of β-amino-alcohol motifs (C(OH)–C–C–N with tert-alkyl or cyclic N) is 1. The summed E-state index contributed by atoms with van der Waals surface area (Å²) < 4.78 is 22.8. The van der Waals surface area contributed by atoms with Crippen LogP contribution in [0.1, 0.15) is 38.2 Å². The number of phenols is 1. The number of aliphatic hydroxyl groups is 1. The Morgan fingerprint density at radius 3 is 2.63 bits per heavy atom. The molecule has 1 saturated heterocycles. The fourth-order valence-electron chi connectivity index (χ4n) is 6.20. The summed E-state index contributed by atoms with van der Waals surface area (Å²) in [6.45, 7) is 4.20. The number of phenolic OH excluding ortho intramolecular Hbond substituents is 1. The van der Waals surface area contributed by atoms with Crippen molar-refractivity contribution in [3.05, 3.63) is 53.8 Å². The van der Waals surface area contributed by atoms with Crippen molar-refractivity contribution in [2.75, 3.05) is 45.2 Å². The summed E-state index contributed by atoms with van der Waals surface area (Å²) in [5.41, 5.74) is 0.650. The number of piperidine rings is 1. The van der Waals surface area contributed by atoms with Crippen LogP contribution in [0.5, 0.6) is 11.8 Å². The number of halogens is 1. The van der Waals surface area contributed by atoms with Crippen molar-refractivity contribution >= 4 is 27.5 Å². The summed E-state index contributed by atoms with van der Waals surface area (Å²) in [6.07, 6.45) is 9.39. The van der Waals surface area contributed by atoms with Gasteiger partial charge in [-0.3, -0.25) is 0 Å². The van der Waals surface area contributed by atoms with Crippen molar-refractivity contribution in [3.63, 3.8) is 0 Å². The summed E-state index contributed by atoms with van der Waals surface area (Å²) in [5.74, 6) is 2.70. The van der Waals surface area contributed by atoms with Crippen LogP contribution in [-0.4, -0.2) is 71.0 Å². The third-order valence-corrected chi connectivity index (χ3v) is 8.26. The summed E-state index contributed by atoms with van der Waals surface area (Å²) in [4.78, 5) is 13.5. The van der Waals surface area contributed by atoms with Crippen molar-refractivity contribution in [3.8, 4) is 35.2 Å². The second kappa shape index (κ2) is 10.2. The highest BCUT2D eigenvalue weighted by Gasteiger charge is 2.44. The zero-order chi connectivity index (χ0) is 28.9. The minimum atomic E-state index is -0.884. The molecule has 1 saturated carbocycles. The van der Waals surface area contributed by atoms with Gasteiger partial charge >= 0.3 is 6.01 Å². The molecule has 8 heteroatoms. The second-order valence-electron chi connectivity index (χ2n) is 12.2. The van der Waals surface area contributed by atoms with E-state index in [0.29, 0.717) is 59.2 Å². The van der Waals surface area contributed by atoms with Crippen LogP contribution < -0.4 is 9.64 Å². The van der Waals surface area contributed by atoms with E-state index in [1.807, 2.05) is 38.1 Å². The molecule has 0 unspecified atom stereocenters. The molecule has 0 amide bonds. The Labute approximate surface area is 239 Å². The van der Waals surface area contributed by atoms with Crippen molar-refractivity contribution < 1.29 is 19.3 Å². The number of rotatable bonds is 7. The van der Waals surface area contributed by atoms with Crippen LogP contribution in [0.4, 0.5) is 10.2 Å². The van der Waals surface area contributed by atoms with Gasteiger partial charge in [-0.15, -0.1) is 6.42 Å². The molecule has 3 aromatic carbocycles. The van der Waals surface area contributed by atoms with Gasteiger partial charge in [-0.05, 0) is 81.9 Å². The van der Waals surface area contributed by atoms with Gasteiger partial charge < -0.3 is 24.7 Å². The molecule has 6 rings (SSSR count). The summed E-state index contributed by atoms with van der Waals surface area (Å²) in [7, 11) is 4.08. The highest BCUT2D eigenvalue weighted by molar-refractivity contribution is 6.04. The number of aromatic nitrogens is 2. The van der Waals surface area contributed by atoms with Gasteiger partial charge in [-0.1, -0.05) is 24.1 Å². The Kier molecular flexibility index (Phi) is 6.75. The molecule has 7 nitrogen and oxygen atoms in total. The maximum absolute atomic E-state index is 16.6. The van der Waals surface area contributed by atoms with Crippen LogP contribution >= 0.6 is 0 Å². The van der Waals surface area contributed by atoms with Gasteiger partial charge in [-0.2, -0.15) is 9.97 Å². The minimum Gasteiger partial charge on any atom is -0.508 e. The molecule has 2 N–H and O–H groups in total. The van der Waals surface area contributed by atoms with E-state index in [9.17, 15) is 10.2 Å². The van der Waals surface area contributed by atoms with Gasteiger partial charge in [0, 0.05) is 46.9 Å². The van der Waals surface area contributed by atoms with Crippen LogP contribution in [-0.2, 0) is 0 Å². The van der Waals surface area contributed by atoms with E-state index in [1.165, 1.54) is 6.07 Å². The van der Waals surface area contributed by atoms with Gasteiger partial charge in [0.1, 0.15) is 17.1 Å². The first-order chi connectivity index (χ1) is 19.6. The number of anilines is 1. The maximum Gasteiger partial charge on any atom is 0.319 e. The lowest BCUT2D eigenvalue weighted by molar-refractivity contribution is 0.0447. The van der Waals surface area contributed by atoms with Crippen LogP contribution in [0.25, 0.3) is 32.8 Å². The molecule has 1 aliphatic carbocycles. The van der Waals surface area contributed by atoms with Gasteiger partial charge in [0.05, 0.1) is 12.2 Å². The fraction of sp³-hybridized carbons (Fsp3) is 0.394. The molecule has 41 heavy (non-hydrogen) atoms. The maximum atomic E-state index is 16.6. The molecular weight excluding hydrogens is 519 g/mol.